The minimum atomic E-state index is -0.208. The standard InChI is InChI=1S/C18H19N5O2/c1-3-13-10-16(21-12(2)20-13)22-17(24)8-9-23-11-19-15-7-5-4-6-14(15)18(23)25/h4-7,10-11H,3,8-9H2,1-2H3,(H,20,21,22,24). The second-order valence-electron chi connectivity index (χ2n) is 5.70. The van der Waals surface area contributed by atoms with Gasteiger partial charge in [-0.2, -0.15) is 0 Å². The first-order valence-electron chi connectivity index (χ1n) is 8.15. The first kappa shape index (κ1) is 16.8. The quantitative estimate of drug-likeness (QED) is 0.770. The Kier molecular flexibility index (Phi) is 4.83. The summed E-state index contributed by atoms with van der Waals surface area (Å²) in [5.41, 5.74) is 1.37. The lowest BCUT2D eigenvalue weighted by Crippen LogP contribution is -2.24. The van der Waals surface area contributed by atoms with Crippen LogP contribution in [0.25, 0.3) is 10.9 Å². The molecule has 25 heavy (non-hydrogen) atoms. The molecule has 0 aliphatic carbocycles. The van der Waals surface area contributed by atoms with Gasteiger partial charge in [-0.15, -0.1) is 0 Å². The molecule has 0 aliphatic rings. The zero-order valence-electron chi connectivity index (χ0n) is 14.2. The van der Waals surface area contributed by atoms with Crippen LogP contribution in [0, 0.1) is 6.92 Å². The Morgan fingerprint density at radius 3 is 2.84 bits per heavy atom. The summed E-state index contributed by atoms with van der Waals surface area (Å²) in [6, 6.07) is 8.91. The van der Waals surface area contributed by atoms with Gasteiger partial charge in [0.15, 0.2) is 0 Å². The van der Waals surface area contributed by atoms with Crippen molar-refractivity contribution in [2.75, 3.05) is 5.32 Å². The van der Waals surface area contributed by atoms with E-state index in [0.29, 0.717) is 22.5 Å². The summed E-state index contributed by atoms with van der Waals surface area (Å²) < 4.78 is 1.45. The largest absolute Gasteiger partial charge is 0.311 e. The minimum Gasteiger partial charge on any atom is -0.311 e. The number of aryl methyl sites for hydroxylation is 3. The summed E-state index contributed by atoms with van der Waals surface area (Å²) in [6.45, 7) is 4.04. The average molecular weight is 337 g/mol. The Balaban J connectivity index is 1.69. The van der Waals surface area contributed by atoms with Gasteiger partial charge in [0, 0.05) is 24.7 Å². The maximum absolute atomic E-state index is 12.4. The number of amides is 1. The first-order valence-corrected chi connectivity index (χ1v) is 8.15. The number of aromatic nitrogens is 4. The second kappa shape index (κ2) is 7.21. The molecular weight excluding hydrogens is 318 g/mol. The van der Waals surface area contributed by atoms with Gasteiger partial charge in [-0.3, -0.25) is 14.2 Å². The van der Waals surface area contributed by atoms with Crippen molar-refractivity contribution in [2.45, 2.75) is 33.2 Å². The van der Waals surface area contributed by atoms with Crippen LogP contribution >= 0.6 is 0 Å². The molecule has 0 radical (unpaired) electrons. The highest BCUT2D eigenvalue weighted by Crippen LogP contribution is 2.08. The monoisotopic (exact) mass is 337 g/mol. The maximum atomic E-state index is 12.4. The number of anilines is 1. The van der Waals surface area contributed by atoms with Crippen molar-refractivity contribution in [1.29, 1.82) is 0 Å². The van der Waals surface area contributed by atoms with Crippen LogP contribution in [0.2, 0.25) is 0 Å². The van der Waals surface area contributed by atoms with Crippen LogP contribution in [0.4, 0.5) is 5.82 Å². The lowest BCUT2D eigenvalue weighted by atomic mass is 10.2. The Labute approximate surface area is 144 Å². The van der Waals surface area contributed by atoms with Gasteiger partial charge in [-0.1, -0.05) is 19.1 Å². The molecule has 128 valence electrons. The molecule has 0 bridgehead atoms. The molecule has 7 nitrogen and oxygen atoms in total. The molecule has 0 unspecified atom stereocenters. The molecule has 1 N–H and O–H groups in total. The van der Waals surface area contributed by atoms with Crippen molar-refractivity contribution < 1.29 is 4.79 Å². The van der Waals surface area contributed by atoms with Gasteiger partial charge < -0.3 is 5.32 Å². The fraction of sp³-hybridized carbons (Fsp3) is 0.278. The molecule has 2 heterocycles. The van der Waals surface area contributed by atoms with Crippen LogP contribution in [0.1, 0.15) is 24.9 Å². The van der Waals surface area contributed by atoms with Crippen LogP contribution in [0.5, 0.6) is 0 Å². The predicted octanol–water partition coefficient (Wildman–Crippen LogP) is 2.09. The molecule has 0 fully saturated rings. The summed E-state index contributed by atoms with van der Waals surface area (Å²) in [5, 5.41) is 3.30. The van der Waals surface area contributed by atoms with Gasteiger partial charge in [0.1, 0.15) is 11.6 Å². The third-order valence-corrected chi connectivity index (χ3v) is 3.83. The third-order valence-electron chi connectivity index (χ3n) is 3.83. The molecule has 0 spiro atoms. The van der Waals surface area contributed by atoms with Crippen LogP contribution in [0.3, 0.4) is 0 Å². The van der Waals surface area contributed by atoms with E-state index >= 15 is 0 Å². The molecule has 2 aromatic heterocycles. The summed E-state index contributed by atoms with van der Waals surface area (Å²) in [6.07, 6.45) is 2.40. The molecule has 0 saturated heterocycles. The molecule has 1 amide bonds. The van der Waals surface area contributed by atoms with Crippen LogP contribution in [0.15, 0.2) is 41.5 Å². The van der Waals surface area contributed by atoms with Crippen molar-refractivity contribution in [1.82, 2.24) is 19.5 Å². The molecule has 7 heteroatoms. The summed E-state index contributed by atoms with van der Waals surface area (Å²) in [4.78, 5) is 37.3. The number of hydrogen-bond acceptors (Lipinski definition) is 5. The summed E-state index contributed by atoms with van der Waals surface area (Å²) in [5.74, 6) is 0.892. The SMILES string of the molecule is CCc1cc(NC(=O)CCn2cnc3ccccc3c2=O)nc(C)n1. The van der Waals surface area contributed by atoms with Gasteiger partial charge in [-0.25, -0.2) is 15.0 Å². The van der Waals surface area contributed by atoms with Crippen molar-refractivity contribution in [2.24, 2.45) is 0 Å². The Hall–Kier alpha value is -3.09. The number of nitrogens with one attached hydrogen (secondary N) is 1. The van der Waals surface area contributed by atoms with E-state index in [1.807, 2.05) is 13.0 Å². The number of carbonyl (C=O) groups excluding carboxylic acids is 1. The molecule has 3 aromatic rings. The van der Waals surface area contributed by atoms with Gasteiger partial charge in [0.2, 0.25) is 5.91 Å². The highest BCUT2D eigenvalue weighted by Gasteiger charge is 2.08. The Morgan fingerprint density at radius 2 is 2.04 bits per heavy atom. The average Bonchev–Trinajstić information content (AvgIpc) is 2.61. The van der Waals surface area contributed by atoms with Gasteiger partial charge in [-0.05, 0) is 25.5 Å². The van der Waals surface area contributed by atoms with Crippen molar-refractivity contribution in [3.05, 3.63) is 58.5 Å². The normalized spacial score (nSPS) is 10.8. The van der Waals surface area contributed by atoms with Crippen LogP contribution in [-0.4, -0.2) is 25.4 Å². The first-order chi connectivity index (χ1) is 12.1. The Bertz CT molecular complexity index is 981. The summed E-state index contributed by atoms with van der Waals surface area (Å²) >= 11 is 0. The fourth-order valence-electron chi connectivity index (χ4n) is 2.57. The maximum Gasteiger partial charge on any atom is 0.261 e. The third kappa shape index (κ3) is 3.88. The number of hydrogen-bond donors (Lipinski definition) is 1. The van der Waals surface area contributed by atoms with E-state index in [-0.39, 0.29) is 24.4 Å². The van der Waals surface area contributed by atoms with E-state index in [1.54, 1.807) is 31.2 Å². The molecule has 1 aromatic carbocycles. The van der Waals surface area contributed by atoms with E-state index in [1.165, 1.54) is 10.9 Å². The van der Waals surface area contributed by atoms with Gasteiger partial charge >= 0.3 is 0 Å². The molecule has 3 rings (SSSR count). The highest BCUT2D eigenvalue weighted by molar-refractivity contribution is 5.89. The number of nitrogens with zero attached hydrogens (tertiary/aromatic N) is 4. The molecule has 0 saturated carbocycles. The predicted molar refractivity (Wildman–Crippen MR) is 95.4 cm³/mol. The zero-order chi connectivity index (χ0) is 17.8. The lowest BCUT2D eigenvalue weighted by molar-refractivity contribution is -0.116. The van der Waals surface area contributed by atoms with E-state index in [0.717, 1.165) is 12.1 Å². The number of benzene rings is 1. The molecular formula is C18H19N5O2. The van der Waals surface area contributed by atoms with Crippen molar-refractivity contribution in [3.8, 4) is 0 Å². The van der Waals surface area contributed by atoms with Gasteiger partial charge in [0.25, 0.3) is 5.56 Å². The number of fused-ring (bicyclic) bond motifs is 1. The number of para-hydroxylation sites is 1. The number of rotatable bonds is 5. The number of carbonyl (C=O) groups is 1. The van der Waals surface area contributed by atoms with Crippen LogP contribution in [-0.2, 0) is 17.8 Å². The topological polar surface area (TPSA) is 89.8 Å². The van der Waals surface area contributed by atoms with Crippen LogP contribution < -0.4 is 10.9 Å². The van der Waals surface area contributed by atoms with Crippen molar-refractivity contribution >= 4 is 22.6 Å². The van der Waals surface area contributed by atoms with E-state index in [2.05, 4.69) is 20.3 Å². The lowest BCUT2D eigenvalue weighted by Gasteiger charge is -2.08. The summed E-state index contributed by atoms with van der Waals surface area (Å²) in [7, 11) is 0. The van der Waals surface area contributed by atoms with E-state index in [9.17, 15) is 9.59 Å². The second-order valence-corrected chi connectivity index (χ2v) is 5.70. The molecule has 0 atom stereocenters. The smallest absolute Gasteiger partial charge is 0.261 e. The fourth-order valence-corrected chi connectivity index (χ4v) is 2.57. The van der Waals surface area contributed by atoms with E-state index < -0.39 is 0 Å². The van der Waals surface area contributed by atoms with Gasteiger partial charge in [0.05, 0.1) is 17.2 Å². The van der Waals surface area contributed by atoms with E-state index in [4.69, 9.17) is 0 Å². The minimum absolute atomic E-state index is 0.149. The molecule has 0 aliphatic heterocycles. The van der Waals surface area contributed by atoms with Crippen molar-refractivity contribution in [3.63, 3.8) is 0 Å². The Morgan fingerprint density at radius 1 is 1.24 bits per heavy atom. The zero-order valence-corrected chi connectivity index (χ0v) is 14.2. The highest BCUT2D eigenvalue weighted by atomic mass is 16.2.